The van der Waals surface area contributed by atoms with Gasteiger partial charge in [-0.1, -0.05) is 13.8 Å². The van der Waals surface area contributed by atoms with Gasteiger partial charge in [-0.2, -0.15) is 12.8 Å². The van der Waals surface area contributed by atoms with Gasteiger partial charge in [-0.05, 0) is 0 Å². The van der Waals surface area contributed by atoms with Gasteiger partial charge in [-0.25, -0.2) is 0 Å². The summed E-state index contributed by atoms with van der Waals surface area (Å²) in [5, 5.41) is 0. The van der Waals surface area contributed by atoms with Crippen LogP contribution in [0.15, 0.2) is 0 Å². The quantitative estimate of drug-likeness (QED) is 0.712. The molecule has 0 amide bonds. The van der Waals surface area contributed by atoms with Crippen LogP contribution in [0.3, 0.4) is 0 Å². The molecule has 0 aromatic carbocycles. The normalized spacial score (nSPS) is 5.00. The van der Waals surface area contributed by atoms with Crippen LogP contribution in [0.2, 0.25) is 0 Å². The third-order valence-electron chi connectivity index (χ3n) is 0.289. The SMILES string of the molecule is CC[C-]=O.CC[C-]=O.[Y].[Y]. The Morgan fingerprint density at radius 1 is 0.900 bits per heavy atom. The minimum atomic E-state index is 0. The van der Waals surface area contributed by atoms with Gasteiger partial charge in [0.1, 0.15) is 0 Å². The van der Waals surface area contributed by atoms with E-state index in [1.54, 1.807) is 26.4 Å². The molecule has 0 spiro atoms. The fourth-order valence-electron chi connectivity index (χ4n) is 0. The number of rotatable bonds is 2. The van der Waals surface area contributed by atoms with Crippen molar-refractivity contribution in [3.63, 3.8) is 0 Å². The molecular formula is C6H10O2Y2-2. The Morgan fingerprint density at radius 3 is 1.00 bits per heavy atom. The van der Waals surface area contributed by atoms with Crippen molar-refractivity contribution in [1.29, 1.82) is 0 Å². The average Bonchev–Trinajstić information content (AvgIpc) is 1.88. The second kappa shape index (κ2) is 31.2. The second-order valence-electron chi connectivity index (χ2n) is 0.996. The van der Waals surface area contributed by atoms with E-state index in [1.807, 2.05) is 0 Å². The van der Waals surface area contributed by atoms with Crippen molar-refractivity contribution >= 4 is 12.6 Å². The Bertz CT molecular complexity index is 49.7. The molecule has 0 fully saturated rings. The van der Waals surface area contributed by atoms with E-state index in [2.05, 4.69) is 0 Å². The molecule has 0 heterocycles. The smallest absolute Gasteiger partial charge is 0 e. The Labute approximate surface area is 113 Å². The molecule has 0 aliphatic rings. The van der Waals surface area contributed by atoms with Crippen LogP contribution in [-0.2, 0) is 75.0 Å². The molecule has 0 N–H and O–H groups in total. The summed E-state index contributed by atoms with van der Waals surface area (Å²) >= 11 is 0. The van der Waals surface area contributed by atoms with E-state index >= 15 is 0 Å². The fourth-order valence-corrected chi connectivity index (χ4v) is 0. The molecule has 2 nitrogen and oxygen atoms in total. The van der Waals surface area contributed by atoms with E-state index in [9.17, 15) is 0 Å². The molecule has 0 rings (SSSR count). The van der Waals surface area contributed by atoms with Gasteiger partial charge in [0.05, 0.1) is 0 Å². The van der Waals surface area contributed by atoms with Crippen molar-refractivity contribution in [2.75, 3.05) is 0 Å². The Hall–Kier alpha value is 1.55. The van der Waals surface area contributed by atoms with Crippen molar-refractivity contribution in [2.24, 2.45) is 0 Å². The molecule has 0 unspecified atom stereocenters. The van der Waals surface area contributed by atoms with E-state index in [0.717, 1.165) is 0 Å². The van der Waals surface area contributed by atoms with E-state index in [-0.39, 0.29) is 65.4 Å². The van der Waals surface area contributed by atoms with Gasteiger partial charge in [0.15, 0.2) is 0 Å². The monoisotopic (exact) mass is 292 g/mol. The van der Waals surface area contributed by atoms with E-state index < -0.39 is 0 Å². The van der Waals surface area contributed by atoms with Gasteiger partial charge < -0.3 is 9.59 Å². The van der Waals surface area contributed by atoms with Crippen LogP contribution in [0, 0.1) is 0 Å². The first-order chi connectivity index (χ1) is 3.83. The summed E-state index contributed by atoms with van der Waals surface area (Å²) in [6, 6.07) is 0. The summed E-state index contributed by atoms with van der Waals surface area (Å²) < 4.78 is 0. The molecule has 0 bridgehead atoms. The number of hydrogen-bond donors (Lipinski definition) is 0. The Kier molecular flexibility index (Phi) is 70.5. The van der Waals surface area contributed by atoms with E-state index in [0.29, 0.717) is 12.8 Å². The first kappa shape index (κ1) is 22.6. The van der Waals surface area contributed by atoms with Crippen molar-refractivity contribution in [2.45, 2.75) is 26.7 Å². The summed E-state index contributed by atoms with van der Waals surface area (Å²) in [7, 11) is 0. The summed E-state index contributed by atoms with van der Waals surface area (Å²) in [5.74, 6) is 0. The van der Waals surface area contributed by atoms with Crippen LogP contribution < -0.4 is 0 Å². The Morgan fingerprint density at radius 2 is 1.00 bits per heavy atom. The molecule has 0 aromatic rings. The summed E-state index contributed by atoms with van der Waals surface area (Å²) in [5.41, 5.74) is 0. The van der Waals surface area contributed by atoms with Crippen molar-refractivity contribution in [3.8, 4) is 0 Å². The second-order valence-corrected chi connectivity index (χ2v) is 0.996. The minimum absolute atomic E-state index is 0. The van der Waals surface area contributed by atoms with Gasteiger partial charge >= 0.3 is 0 Å². The van der Waals surface area contributed by atoms with Gasteiger partial charge in [0.2, 0.25) is 0 Å². The molecule has 0 aromatic heterocycles. The molecule has 0 aliphatic heterocycles. The maximum Gasteiger partial charge on any atom is 0 e. The average molecular weight is 292 g/mol. The van der Waals surface area contributed by atoms with Crippen LogP contribution in [-0.4, -0.2) is 12.6 Å². The summed E-state index contributed by atoms with van der Waals surface area (Å²) in [4.78, 5) is 18.1. The third kappa shape index (κ3) is 55.4. The molecular weight excluding hydrogens is 282 g/mol. The van der Waals surface area contributed by atoms with Gasteiger partial charge in [0.25, 0.3) is 0 Å². The summed E-state index contributed by atoms with van der Waals surface area (Å²) in [6.07, 6.45) is 4.39. The van der Waals surface area contributed by atoms with Crippen molar-refractivity contribution in [3.05, 3.63) is 0 Å². The van der Waals surface area contributed by atoms with Crippen LogP contribution in [0.25, 0.3) is 0 Å². The molecule has 4 heteroatoms. The van der Waals surface area contributed by atoms with Crippen LogP contribution in [0.5, 0.6) is 0 Å². The molecule has 0 atom stereocenters. The molecule has 2 radical (unpaired) electrons. The topological polar surface area (TPSA) is 34.1 Å². The molecule has 0 saturated carbocycles. The zero-order chi connectivity index (χ0) is 6.83. The maximum absolute atomic E-state index is 9.05. The van der Waals surface area contributed by atoms with Gasteiger partial charge in [-0.3, -0.25) is 12.6 Å². The predicted molar refractivity (Wildman–Crippen MR) is 32.0 cm³/mol. The predicted octanol–water partition coefficient (Wildman–Crippen LogP) is 1.01. The standard InChI is InChI=1S/2C3H5O.2Y/c2*1-2-3-4;;/h2*2H2,1H3;;/q2*-1;;. The van der Waals surface area contributed by atoms with Crippen LogP contribution in [0.4, 0.5) is 0 Å². The van der Waals surface area contributed by atoms with Crippen LogP contribution >= 0.6 is 0 Å². The number of hydrogen-bond acceptors (Lipinski definition) is 2. The maximum atomic E-state index is 9.05. The first-order valence-electron chi connectivity index (χ1n) is 2.53. The van der Waals surface area contributed by atoms with Crippen molar-refractivity contribution in [1.82, 2.24) is 0 Å². The first-order valence-corrected chi connectivity index (χ1v) is 2.53. The molecule has 10 heavy (non-hydrogen) atoms. The zero-order valence-electron chi connectivity index (χ0n) is 6.39. The minimum Gasteiger partial charge on any atom is -0.542 e. The van der Waals surface area contributed by atoms with Crippen molar-refractivity contribution < 1.29 is 75.0 Å². The molecule has 54 valence electrons. The zero-order valence-corrected chi connectivity index (χ0v) is 12.1. The molecule has 0 saturated heterocycles. The fraction of sp³-hybridized carbons (Fsp3) is 0.667. The number of carbonyl (C=O) groups excluding carboxylic acids is 2. The Balaban J connectivity index is -0.0000000300. The molecule has 0 aliphatic carbocycles. The van der Waals surface area contributed by atoms with Gasteiger partial charge in [0, 0.05) is 65.4 Å². The van der Waals surface area contributed by atoms with E-state index in [4.69, 9.17) is 9.59 Å². The third-order valence-corrected chi connectivity index (χ3v) is 0.289. The largest absolute Gasteiger partial charge is 0.542 e. The van der Waals surface area contributed by atoms with Gasteiger partial charge in [-0.15, -0.1) is 0 Å². The summed E-state index contributed by atoms with van der Waals surface area (Å²) in [6.45, 7) is 3.51. The van der Waals surface area contributed by atoms with Crippen LogP contribution in [0.1, 0.15) is 26.7 Å². The van der Waals surface area contributed by atoms with E-state index in [1.165, 1.54) is 0 Å².